The number of para-hydroxylation sites is 1. The highest BCUT2D eigenvalue weighted by Crippen LogP contribution is 2.53. The Bertz CT molecular complexity index is 1390. The Labute approximate surface area is 197 Å². The van der Waals surface area contributed by atoms with Gasteiger partial charge in [-0.2, -0.15) is 0 Å². The van der Waals surface area contributed by atoms with Gasteiger partial charge >= 0.3 is 0 Å². The summed E-state index contributed by atoms with van der Waals surface area (Å²) in [6.07, 6.45) is 9.94. The molecule has 3 aliphatic rings. The Balaban J connectivity index is 1.21. The monoisotopic (exact) mass is 449 g/mol. The van der Waals surface area contributed by atoms with Gasteiger partial charge in [-0.05, 0) is 66.6 Å². The van der Waals surface area contributed by atoms with Gasteiger partial charge in [0, 0.05) is 17.7 Å². The molecular formula is C28H23N3O3. The molecule has 2 aliphatic carbocycles. The summed E-state index contributed by atoms with van der Waals surface area (Å²) < 4.78 is 0. The van der Waals surface area contributed by atoms with Crippen LogP contribution in [0.15, 0.2) is 73.0 Å². The van der Waals surface area contributed by atoms with E-state index in [0.29, 0.717) is 11.4 Å². The average Bonchev–Trinajstić information content (AvgIpc) is 3.52. The first-order valence-corrected chi connectivity index (χ1v) is 11.5. The van der Waals surface area contributed by atoms with Crippen molar-refractivity contribution in [3.63, 3.8) is 0 Å². The number of fused-ring (bicyclic) bond motifs is 6. The molecule has 1 aliphatic heterocycles. The minimum Gasteiger partial charge on any atom is -0.321 e. The highest BCUT2D eigenvalue weighted by atomic mass is 16.2. The lowest BCUT2D eigenvalue weighted by Gasteiger charge is -2.17. The van der Waals surface area contributed by atoms with E-state index in [0.717, 1.165) is 28.5 Å². The second-order valence-electron chi connectivity index (χ2n) is 9.26. The molecule has 168 valence electrons. The van der Waals surface area contributed by atoms with Crippen LogP contribution in [0.1, 0.15) is 17.5 Å². The smallest absolute Gasteiger partial charge is 0.248 e. The zero-order valence-electron chi connectivity index (χ0n) is 18.6. The number of allylic oxidation sites excluding steroid dienone is 2. The fourth-order valence-electron chi connectivity index (χ4n) is 5.69. The Morgan fingerprint density at radius 3 is 2.53 bits per heavy atom. The van der Waals surface area contributed by atoms with E-state index in [9.17, 15) is 14.4 Å². The van der Waals surface area contributed by atoms with Crippen LogP contribution in [0.2, 0.25) is 0 Å². The summed E-state index contributed by atoms with van der Waals surface area (Å²) in [7, 11) is 0. The van der Waals surface area contributed by atoms with Crippen molar-refractivity contribution in [2.24, 2.45) is 23.7 Å². The van der Waals surface area contributed by atoms with Crippen molar-refractivity contribution >= 4 is 46.1 Å². The molecule has 4 atom stereocenters. The van der Waals surface area contributed by atoms with E-state index in [4.69, 9.17) is 0 Å². The third kappa shape index (κ3) is 3.17. The van der Waals surface area contributed by atoms with E-state index in [1.807, 2.05) is 37.3 Å². The van der Waals surface area contributed by atoms with Crippen molar-refractivity contribution in [3.8, 4) is 0 Å². The summed E-state index contributed by atoms with van der Waals surface area (Å²) in [5.74, 6) is -0.609. The predicted octanol–water partition coefficient (Wildman–Crippen LogP) is 4.51. The van der Waals surface area contributed by atoms with Gasteiger partial charge in [0.25, 0.3) is 0 Å². The summed E-state index contributed by atoms with van der Waals surface area (Å²) in [4.78, 5) is 44.5. The van der Waals surface area contributed by atoms with Crippen LogP contribution in [0.3, 0.4) is 0 Å². The average molecular weight is 450 g/mol. The van der Waals surface area contributed by atoms with Crippen LogP contribution in [0, 0.1) is 30.6 Å². The maximum Gasteiger partial charge on any atom is 0.248 e. The molecule has 6 nitrogen and oxygen atoms in total. The lowest BCUT2D eigenvalue weighted by Crippen LogP contribution is -2.32. The third-order valence-corrected chi connectivity index (χ3v) is 7.27. The number of nitrogens with zero attached hydrogens (tertiary/aromatic N) is 2. The number of aryl methyl sites for hydroxylation is 1. The molecule has 0 unspecified atom stereocenters. The number of benzene rings is 2. The number of carbonyl (C=O) groups excluding carboxylic acids is 3. The van der Waals surface area contributed by atoms with Crippen LogP contribution >= 0.6 is 0 Å². The number of rotatable bonds is 4. The lowest BCUT2D eigenvalue weighted by molar-refractivity contribution is -0.123. The van der Waals surface area contributed by atoms with Gasteiger partial charge < -0.3 is 5.32 Å². The van der Waals surface area contributed by atoms with Crippen LogP contribution < -0.4 is 10.2 Å². The van der Waals surface area contributed by atoms with Gasteiger partial charge in [-0.25, -0.2) is 4.90 Å². The molecule has 6 rings (SSSR count). The number of nitrogens with one attached hydrogen (secondary N) is 1. The molecule has 1 saturated heterocycles. The predicted molar refractivity (Wildman–Crippen MR) is 131 cm³/mol. The molecule has 1 aromatic heterocycles. The number of amides is 3. The van der Waals surface area contributed by atoms with E-state index in [2.05, 4.69) is 22.5 Å². The van der Waals surface area contributed by atoms with Gasteiger partial charge in [0.2, 0.25) is 17.7 Å². The molecular weight excluding hydrogens is 426 g/mol. The number of hydrogen-bond donors (Lipinski definition) is 1. The van der Waals surface area contributed by atoms with Gasteiger partial charge in [-0.15, -0.1) is 0 Å². The van der Waals surface area contributed by atoms with E-state index in [-0.39, 0.29) is 41.4 Å². The number of imide groups is 1. The van der Waals surface area contributed by atoms with E-state index in [1.165, 1.54) is 11.0 Å². The van der Waals surface area contributed by atoms with Crippen LogP contribution in [-0.4, -0.2) is 22.7 Å². The molecule has 3 aromatic rings. The maximum absolute atomic E-state index is 13.1. The van der Waals surface area contributed by atoms with E-state index >= 15 is 0 Å². The van der Waals surface area contributed by atoms with Gasteiger partial charge in [0.15, 0.2) is 0 Å². The normalized spacial score (nSPS) is 25.0. The van der Waals surface area contributed by atoms with Crippen molar-refractivity contribution in [1.82, 2.24) is 4.98 Å². The van der Waals surface area contributed by atoms with Crippen molar-refractivity contribution in [1.29, 1.82) is 0 Å². The van der Waals surface area contributed by atoms with Crippen LogP contribution in [0.25, 0.3) is 17.0 Å². The van der Waals surface area contributed by atoms with Crippen molar-refractivity contribution in [2.45, 2.75) is 13.3 Å². The first kappa shape index (κ1) is 20.5. The van der Waals surface area contributed by atoms with Crippen LogP contribution in [-0.2, 0) is 14.4 Å². The molecule has 3 amide bonds. The van der Waals surface area contributed by atoms with E-state index < -0.39 is 0 Å². The molecule has 0 radical (unpaired) electrons. The number of hydrogen-bond acceptors (Lipinski definition) is 4. The number of anilines is 2. The lowest BCUT2D eigenvalue weighted by atomic mass is 9.85. The number of pyridine rings is 1. The topological polar surface area (TPSA) is 79.4 Å². The highest BCUT2D eigenvalue weighted by Gasteiger charge is 2.59. The SMILES string of the molecule is Cc1ccnc2c(NC(=O)/C=C/c3cccc(N4C(=O)[C@@H]5[C@@H](C4=O)[C@H]4C=C[C@H]5C4)c3)cccc12. The molecule has 1 N–H and O–H groups in total. The molecule has 2 aromatic carbocycles. The van der Waals surface area contributed by atoms with Crippen LogP contribution in [0.4, 0.5) is 11.4 Å². The second kappa shape index (κ2) is 7.76. The van der Waals surface area contributed by atoms with E-state index in [1.54, 1.807) is 30.5 Å². The summed E-state index contributed by atoms with van der Waals surface area (Å²) in [6.45, 7) is 2.01. The fourth-order valence-corrected chi connectivity index (χ4v) is 5.69. The second-order valence-corrected chi connectivity index (χ2v) is 9.26. The standard InChI is InChI=1S/C28H23N3O3/c1-16-12-13-29-26-21(16)6-3-7-22(26)30-23(32)11-8-17-4-2-5-20(14-17)31-27(33)24-18-9-10-19(15-18)25(24)28(31)34/h2-14,18-19,24-25H,15H2,1H3,(H,30,32)/b11-8+/t18-,19-,24-,25-/m0/s1. The molecule has 1 saturated carbocycles. The van der Waals surface area contributed by atoms with Gasteiger partial charge in [0.05, 0.1) is 28.7 Å². The first-order chi connectivity index (χ1) is 16.5. The van der Waals surface area contributed by atoms with Crippen molar-refractivity contribution in [3.05, 3.63) is 84.1 Å². The summed E-state index contributed by atoms with van der Waals surface area (Å²) >= 11 is 0. The fraction of sp³-hybridized carbons (Fsp3) is 0.214. The zero-order chi connectivity index (χ0) is 23.4. The van der Waals surface area contributed by atoms with Gasteiger partial charge in [0.1, 0.15) is 0 Å². The van der Waals surface area contributed by atoms with Gasteiger partial charge in [-0.3, -0.25) is 19.4 Å². The Morgan fingerprint density at radius 1 is 1.03 bits per heavy atom. The highest BCUT2D eigenvalue weighted by molar-refractivity contribution is 6.23. The maximum atomic E-state index is 13.1. The summed E-state index contributed by atoms with van der Waals surface area (Å²) in [5.41, 5.74) is 3.77. The minimum atomic E-state index is -0.285. The Morgan fingerprint density at radius 2 is 1.76 bits per heavy atom. The molecule has 0 spiro atoms. The number of aromatic nitrogens is 1. The Kier molecular flexibility index (Phi) is 4.69. The van der Waals surface area contributed by atoms with Crippen molar-refractivity contribution < 1.29 is 14.4 Å². The summed E-state index contributed by atoms with van der Waals surface area (Å²) in [6, 6.07) is 14.8. The zero-order valence-corrected chi connectivity index (χ0v) is 18.6. The van der Waals surface area contributed by atoms with Crippen molar-refractivity contribution in [2.75, 3.05) is 10.2 Å². The number of carbonyl (C=O) groups is 3. The molecule has 34 heavy (non-hydrogen) atoms. The summed E-state index contributed by atoms with van der Waals surface area (Å²) in [5, 5.41) is 3.89. The molecule has 2 fully saturated rings. The molecule has 6 heteroatoms. The molecule has 2 bridgehead atoms. The third-order valence-electron chi connectivity index (χ3n) is 7.27. The van der Waals surface area contributed by atoms with Crippen LogP contribution in [0.5, 0.6) is 0 Å². The quantitative estimate of drug-likeness (QED) is 0.361. The first-order valence-electron chi connectivity index (χ1n) is 11.5. The Hall–Kier alpha value is -4.06. The minimum absolute atomic E-state index is 0.107. The van der Waals surface area contributed by atoms with Gasteiger partial charge in [-0.1, -0.05) is 36.4 Å². The molecule has 2 heterocycles. The largest absolute Gasteiger partial charge is 0.321 e.